The number of rotatable bonds is 7. The number of carbonyl (C=O) groups excluding carboxylic acids is 1. The predicted molar refractivity (Wildman–Crippen MR) is 101 cm³/mol. The van der Waals surface area contributed by atoms with Crippen molar-refractivity contribution < 1.29 is 13.9 Å². The van der Waals surface area contributed by atoms with Gasteiger partial charge in [-0.3, -0.25) is 9.69 Å². The highest BCUT2D eigenvalue weighted by molar-refractivity contribution is 6.30. The second-order valence-electron chi connectivity index (χ2n) is 6.56. The summed E-state index contributed by atoms with van der Waals surface area (Å²) in [5.41, 5.74) is 1.11. The molecule has 6 heteroatoms. The molecule has 2 heterocycles. The lowest BCUT2D eigenvalue weighted by atomic mass is 10.2. The molecule has 1 N–H and O–H groups in total. The van der Waals surface area contributed by atoms with E-state index in [4.69, 9.17) is 20.8 Å². The van der Waals surface area contributed by atoms with Gasteiger partial charge in [0.05, 0.1) is 6.26 Å². The van der Waals surface area contributed by atoms with Crippen LogP contribution in [-0.2, 0) is 17.8 Å². The number of fused-ring (bicyclic) bond motifs is 1. The third kappa shape index (κ3) is 5.26. The van der Waals surface area contributed by atoms with Gasteiger partial charge >= 0.3 is 0 Å². The number of ether oxygens (including phenoxy) is 1. The minimum atomic E-state index is 0.0612. The van der Waals surface area contributed by atoms with E-state index in [1.54, 1.807) is 6.26 Å². The van der Waals surface area contributed by atoms with E-state index in [-0.39, 0.29) is 12.0 Å². The van der Waals surface area contributed by atoms with Crippen LogP contribution in [0.15, 0.2) is 41.0 Å². The number of hydrogen-bond donors (Lipinski definition) is 1. The van der Waals surface area contributed by atoms with Crippen LogP contribution in [0, 0.1) is 0 Å². The minimum absolute atomic E-state index is 0.0612. The molecule has 1 aromatic carbocycles. The molecular weight excluding hydrogens is 352 g/mol. The summed E-state index contributed by atoms with van der Waals surface area (Å²) < 4.78 is 11.4. The van der Waals surface area contributed by atoms with Crippen molar-refractivity contribution in [2.24, 2.45) is 0 Å². The van der Waals surface area contributed by atoms with E-state index in [0.29, 0.717) is 31.0 Å². The van der Waals surface area contributed by atoms with Crippen molar-refractivity contribution in [2.45, 2.75) is 38.8 Å². The monoisotopic (exact) mass is 376 g/mol. The van der Waals surface area contributed by atoms with Crippen molar-refractivity contribution in [1.82, 2.24) is 10.2 Å². The molecule has 1 amide bonds. The lowest BCUT2D eigenvalue weighted by Crippen LogP contribution is -2.36. The average Bonchev–Trinajstić information content (AvgIpc) is 3.07. The molecule has 0 aliphatic carbocycles. The van der Waals surface area contributed by atoms with Crippen molar-refractivity contribution in [3.63, 3.8) is 0 Å². The molecule has 0 bridgehead atoms. The summed E-state index contributed by atoms with van der Waals surface area (Å²) in [7, 11) is 0. The highest BCUT2D eigenvalue weighted by Crippen LogP contribution is 2.29. The summed E-state index contributed by atoms with van der Waals surface area (Å²) >= 11 is 6.09. The van der Waals surface area contributed by atoms with Crippen LogP contribution in [0.3, 0.4) is 0 Å². The van der Waals surface area contributed by atoms with Gasteiger partial charge in [0.1, 0.15) is 17.6 Å². The smallest absolute Gasteiger partial charge is 0.221 e. The molecule has 1 aliphatic heterocycles. The van der Waals surface area contributed by atoms with Crippen molar-refractivity contribution >= 4 is 17.5 Å². The molecule has 0 spiro atoms. The molecule has 0 fully saturated rings. The Morgan fingerprint density at radius 3 is 3.04 bits per heavy atom. The van der Waals surface area contributed by atoms with Crippen LogP contribution in [0.5, 0.6) is 5.75 Å². The zero-order valence-corrected chi connectivity index (χ0v) is 15.8. The van der Waals surface area contributed by atoms with Crippen LogP contribution in [0.4, 0.5) is 0 Å². The normalized spacial score (nSPS) is 17.2. The standard InChI is InChI=1S/C20H25ClN2O3/c1-2-17-14-23(13-15-5-6-16(21)12-19(15)26-17)10-8-20(24)22-9-7-18-4-3-11-25-18/h3-6,11-12,17H,2,7-10,13-14H2,1H3,(H,22,24)/t17-/m1/s1. The maximum atomic E-state index is 12.1. The predicted octanol–water partition coefficient (Wildman–Crippen LogP) is 3.66. The quantitative estimate of drug-likeness (QED) is 0.801. The summed E-state index contributed by atoms with van der Waals surface area (Å²) in [6.45, 7) is 4.98. The highest BCUT2D eigenvalue weighted by Gasteiger charge is 2.22. The van der Waals surface area contributed by atoms with Crippen LogP contribution in [0.2, 0.25) is 5.02 Å². The molecule has 26 heavy (non-hydrogen) atoms. The van der Waals surface area contributed by atoms with Gasteiger partial charge in [-0.05, 0) is 30.7 Å². The second-order valence-corrected chi connectivity index (χ2v) is 7.00. The molecule has 140 valence electrons. The Bertz CT molecular complexity index is 718. The Balaban J connectivity index is 1.50. The van der Waals surface area contributed by atoms with Gasteiger partial charge in [-0.1, -0.05) is 24.6 Å². The zero-order valence-electron chi connectivity index (χ0n) is 15.0. The summed E-state index contributed by atoms with van der Waals surface area (Å²) in [6, 6.07) is 9.54. The average molecular weight is 377 g/mol. The van der Waals surface area contributed by atoms with Gasteiger partial charge in [-0.25, -0.2) is 0 Å². The Labute approximate surface area is 159 Å². The Morgan fingerprint density at radius 1 is 1.38 bits per heavy atom. The molecule has 3 rings (SSSR count). The number of hydrogen-bond acceptors (Lipinski definition) is 4. The summed E-state index contributed by atoms with van der Waals surface area (Å²) in [6.07, 6.45) is 3.85. The molecule has 2 aromatic rings. The number of halogens is 1. The third-order valence-electron chi connectivity index (χ3n) is 4.56. The Kier molecular flexibility index (Phi) is 6.58. The lowest BCUT2D eigenvalue weighted by molar-refractivity contribution is -0.121. The maximum absolute atomic E-state index is 12.1. The van der Waals surface area contributed by atoms with E-state index >= 15 is 0 Å². The molecule has 0 radical (unpaired) electrons. The lowest BCUT2D eigenvalue weighted by Gasteiger charge is -2.22. The topological polar surface area (TPSA) is 54.7 Å². The molecule has 0 unspecified atom stereocenters. The summed E-state index contributed by atoms with van der Waals surface area (Å²) in [5, 5.41) is 3.64. The number of nitrogens with one attached hydrogen (secondary N) is 1. The first kappa shape index (κ1) is 18.8. The van der Waals surface area contributed by atoms with Gasteiger partial charge in [0, 0.05) is 49.6 Å². The van der Waals surface area contributed by atoms with Gasteiger partial charge in [-0.2, -0.15) is 0 Å². The fraction of sp³-hybridized carbons (Fsp3) is 0.450. The third-order valence-corrected chi connectivity index (χ3v) is 4.80. The zero-order chi connectivity index (χ0) is 18.4. The number of nitrogens with zero attached hydrogens (tertiary/aromatic N) is 1. The van der Waals surface area contributed by atoms with Gasteiger partial charge in [0.2, 0.25) is 5.91 Å². The van der Waals surface area contributed by atoms with E-state index < -0.39 is 0 Å². The number of furan rings is 1. The second kappa shape index (κ2) is 9.10. The molecule has 5 nitrogen and oxygen atoms in total. The first-order valence-corrected chi connectivity index (χ1v) is 9.48. The van der Waals surface area contributed by atoms with Gasteiger partial charge in [0.25, 0.3) is 0 Å². The molecule has 1 aliphatic rings. The molecular formula is C20H25ClN2O3. The first-order chi connectivity index (χ1) is 12.6. The molecule has 1 aromatic heterocycles. The SMILES string of the molecule is CC[C@@H]1CN(CCC(=O)NCCc2ccco2)Cc2ccc(Cl)cc2O1. The fourth-order valence-corrected chi connectivity index (χ4v) is 3.25. The summed E-state index contributed by atoms with van der Waals surface area (Å²) in [5.74, 6) is 1.80. The van der Waals surface area contributed by atoms with E-state index in [1.165, 1.54) is 0 Å². The van der Waals surface area contributed by atoms with Crippen LogP contribution in [0.1, 0.15) is 31.1 Å². The number of benzene rings is 1. The van der Waals surface area contributed by atoms with Crippen molar-refractivity contribution in [2.75, 3.05) is 19.6 Å². The number of carbonyl (C=O) groups is 1. The largest absolute Gasteiger partial charge is 0.489 e. The summed E-state index contributed by atoms with van der Waals surface area (Å²) in [4.78, 5) is 14.4. The molecule has 0 saturated carbocycles. The number of amides is 1. The minimum Gasteiger partial charge on any atom is -0.489 e. The van der Waals surface area contributed by atoms with Crippen LogP contribution >= 0.6 is 11.6 Å². The van der Waals surface area contributed by atoms with Gasteiger partial charge < -0.3 is 14.5 Å². The van der Waals surface area contributed by atoms with E-state index in [2.05, 4.69) is 17.1 Å². The van der Waals surface area contributed by atoms with Crippen LogP contribution in [0.25, 0.3) is 0 Å². The fourth-order valence-electron chi connectivity index (χ4n) is 3.09. The first-order valence-electron chi connectivity index (χ1n) is 9.10. The Hall–Kier alpha value is -1.98. The van der Waals surface area contributed by atoms with Crippen molar-refractivity contribution in [3.8, 4) is 5.75 Å². The van der Waals surface area contributed by atoms with Crippen molar-refractivity contribution in [3.05, 3.63) is 52.9 Å². The van der Waals surface area contributed by atoms with Gasteiger partial charge in [-0.15, -0.1) is 0 Å². The van der Waals surface area contributed by atoms with E-state index in [9.17, 15) is 4.79 Å². The Morgan fingerprint density at radius 2 is 2.27 bits per heavy atom. The van der Waals surface area contributed by atoms with E-state index in [0.717, 1.165) is 36.6 Å². The molecule has 1 atom stereocenters. The van der Waals surface area contributed by atoms with Crippen LogP contribution in [-0.4, -0.2) is 36.5 Å². The maximum Gasteiger partial charge on any atom is 0.221 e. The van der Waals surface area contributed by atoms with Crippen LogP contribution < -0.4 is 10.1 Å². The van der Waals surface area contributed by atoms with Gasteiger partial charge in [0.15, 0.2) is 0 Å². The van der Waals surface area contributed by atoms with Crippen molar-refractivity contribution in [1.29, 1.82) is 0 Å². The highest BCUT2D eigenvalue weighted by atomic mass is 35.5. The molecule has 0 saturated heterocycles. The van der Waals surface area contributed by atoms with E-state index in [1.807, 2.05) is 30.3 Å².